The average molecular weight is 496 g/mol. The Labute approximate surface area is 220 Å². The van der Waals surface area contributed by atoms with E-state index in [1.165, 1.54) is 39.8 Å². The van der Waals surface area contributed by atoms with Crippen molar-refractivity contribution in [1.82, 2.24) is 4.90 Å². The van der Waals surface area contributed by atoms with Crippen molar-refractivity contribution in [2.24, 2.45) is 0 Å². The second-order valence-corrected chi connectivity index (χ2v) is 11.4. The van der Waals surface area contributed by atoms with Crippen LogP contribution in [0.25, 0.3) is 0 Å². The summed E-state index contributed by atoms with van der Waals surface area (Å²) < 4.78 is 12.8. The number of ether oxygens (including phenoxy) is 2. The third-order valence-corrected chi connectivity index (χ3v) is 7.60. The van der Waals surface area contributed by atoms with E-state index in [2.05, 4.69) is 70.7 Å². The number of aryl methyl sites for hydroxylation is 1. The lowest BCUT2D eigenvalue weighted by Gasteiger charge is -2.39. The molecule has 0 aromatic heterocycles. The second kappa shape index (κ2) is 13.5. The first-order valence-corrected chi connectivity index (χ1v) is 14.0. The van der Waals surface area contributed by atoms with E-state index in [-0.39, 0.29) is 12.2 Å². The van der Waals surface area contributed by atoms with Gasteiger partial charge in [-0.1, -0.05) is 34.9 Å². The van der Waals surface area contributed by atoms with Gasteiger partial charge in [0.1, 0.15) is 23.8 Å². The largest absolute Gasteiger partial charge is 0.487 e. The van der Waals surface area contributed by atoms with Crippen LogP contribution in [0.5, 0.6) is 11.5 Å². The zero-order valence-electron chi connectivity index (χ0n) is 23.7. The molecular weight excluding hydrogens is 446 g/mol. The van der Waals surface area contributed by atoms with Crippen LogP contribution >= 0.6 is 0 Å². The molecular formula is C32H49NO3. The van der Waals surface area contributed by atoms with Gasteiger partial charge in [0.15, 0.2) is 0 Å². The zero-order chi connectivity index (χ0) is 26.1. The molecule has 0 radical (unpaired) electrons. The van der Waals surface area contributed by atoms with Gasteiger partial charge in [-0.25, -0.2) is 0 Å². The molecule has 0 saturated heterocycles. The Morgan fingerprint density at radius 3 is 2.42 bits per heavy atom. The van der Waals surface area contributed by atoms with Gasteiger partial charge in [-0.2, -0.15) is 0 Å². The molecule has 3 rings (SSSR count). The number of fused-ring (bicyclic) bond motifs is 3. The predicted octanol–water partition coefficient (Wildman–Crippen LogP) is 7.81. The molecule has 1 atom stereocenters. The normalized spacial score (nSPS) is 20.3. The van der Waals surface area contributed by atoms with Gasteiger partial charge < -0.3 is 14.6 Å². The average Bonchev–Trinajstić information content (AvgIpc) is 2.83. The van der Waals surface area contributed by atoms with Crippen molar-refractivity contribution >= 4 is 0 Å². The van der Waals surface area contributed by atoms with Gasteiger partial charge in [-0.15, -0.1) is 0 Å². The molecule has 0 unspecified atom stereocenters. The van der Waals surface area contributed by atoms with E-state index in [0.29, 0.717) is 6.73 Å². The standard InChI is InChI=1S/C32H49NO3/c1-24(2)11-7-12-25(3)13-8-14-26(4)15-9-17-32(6)18-16-28-29-22-33(19-10-20-34)23-35-30(29)21-27(5)31(28)36-32/h11,13,15,21,34H,7-10,12,14,16-20,22-23H2,1-6H3/b25-13+,26-15+/t32-/m1/s1. The number of hydrogen-bond acceptors (Lipinski definition) is 4. The van der Waals surface area contributed by atoms with Crippen molar-refractivity contribution in [3.8, 4) is 11.5 Å². The van der Waals surface area contributed by atoms with Crippen molar-refractivity contribution in [2.75, 3.05) is 19.9 Å². The van der Waals surface area contributed by atoms with E-state index in [1.54, 1.807) is 0 Å². The number of aliphatic hydroxyl groups is 1. The maximum atomic E-state index is 9.20. The number of allylic oxidation sites excluding steroid dienone is 6. The number of aliphatic hydroxyl groups excluding tert-OH is 1. The fourth-order valence-electron chi connectivity index (χ4n) is 5.28. The number of hydrogen-bond donors (Lipinski definition) is 1. The van der Waals surface area contributed by atoms with E-state index in [0.717, 1.165) is 76.0 Å². The zero-order valence-corrected chi connectivity index (χ0v) is 23.7. The Morgan fingerprint density at radius 1 is 1.03 bits per heavy atom. The highest BCUT2D eigenvalue weighted by Crippen LogP contribution is 2.44. The van der Waals surface area contributed by atoms with E-state index in [1.807, 2.05) is 0 Å². The predicted molar refractivity (Wildman–Crippen MR) is 151 cm³/mol. The molecule has 1 aromatic carbocycles. The van der Waals surface area contributed by atoms with Gasteiger partial charge in [0.25, 0.3) is 0 Å². The van der Waals surface area contributed by atoms with Gasteiger partial charge >= 0.3 is 0 Å². The smallest absolute Gasteiger partial charge is 0.142 e. The summed E-state index contributed by atoms with van der Waals surface area (Å²) in [5, 5.41) is 9.20. The van der Waals surface area contributed by atoms with Crippen LogP contribution in [0.3, 0.4) is 0 Å². The molecule has 200 valence electrons. The van der Waals surface area contributed by atoms with Crippen LogP contribution in [0, 0.1) is 6.92 Å². The minimum absolute atomic E-state index is 0.129. The van der Waals surface area contributed by atoms with Crippen LogP contribution in [0.1, 0.15) is 103 Å². The van der Waals surface area contributed by atoms with Crippen LogP contribution in [0.2, 0.25) is 0 Å². The number of rotatable bonds is 12. The van der Waals surface area contributed by atoms with Gasteiger partial charge in [0, 0.05) is 30.8 Å². The summed E-state index contributed by atoms with van der Waals surface area (Å²) in [5.74, 6) is 2.09. The molecule has 1 aromatic rings. The van der Waals surface area contributed by atoms with Crippen LogP contribution in [0.15, 0.2) is 41.0 Å². The quantitative estimate of drug-likeness (QED) is 0.300. The molecule has 2 aliphatic heterocycles. The third kappa shape index (κ3) is 8.24. The van der Waals surface area contributed by atoms with Gasteiger partial charge in [0.2, 0.25) is 0 Å². The van der Waals surface area contributed by atoms with E-state index >= 15 is 0 Å². The summed E-state index contributed by atoms with van der Waals surface area (Å²) in [4.78, 5) is 2.27. The highest BCUT2D eigenvalue weighted by molar-refractivity contribution is 5.55. The Balaban J connectivity index is 1.53. The molecule has 0 spiro atoms. The van der Waals surface area contributed by atoms with E-state index in [4.69, 9.17) is 9.47 Å². The highest BCUT2D eigenvalue weighted by Gasteiger charge is 2.35. The summed E-state index contributed by atoms with van der Waals surface area (Å²) in [6, 6.07) is 2.16. The molecule has 36 heavy (non-hydrogen) atoms. The van der Waals surface area contributed by atoms with Crippen molar-refractivity contribution in [2.45, 2.75) is 111 Å². The lowest BCUT2D eigenvalue weighted by atomic mass is 9.85. The van der Waals surface area contributed by atoms with Crippen LogP contribution in [-0.2, 0) is 13.0 Å². The number of benzene rings is 1. The Bertz CT molecular complexity index is 970. The first-order chi connectivity index (χ1) is 17.2. The van der Waals surface area contributed by atoms with Gasteiger partial charge in [-0.3, -0.25) is 4.90 Å². The molecule has 2 aliphatic rings. The topological polar surface area (TPSA) is 41.9 Å². The van der Waals surface area contributed by atoms with E-state index < -0.39 is 0 Å². The first-order valence-electron chi connectivity index (χ1n) is 14.0. The molecule has 0 amide bonds. The SMILES string of the molecule is CC(C)=CCC/C(C)=C/CC/C(C)=C/CC[C@]1(C)CCc2c3c(cc(C)c2O1)OCN(CCCO)C3. The summed E-state index contributed by atoms with van der Waals surface area (Å²) >= 11 is 0. The van der Waals surface area contributed by atoms with Crippen molar-refractivity contribution < 1.29 is 14.6 Å². The maximum absolute atomic E-state index is 9.20. The number of nitrogens with zero attached hydrogens (tertiary/aromatic N) is 1. The minimum Gasteiger partial charge on any atom is -0.487 e. The Morgan fingerprint density at radius 2 is 1.72 bits per heavy atom. The summed E-state index contributed by atoms with van der Waals surface area (Å²) in [6.45, 7) is 15.8. The van der Waals surface area contributed by atoms with Crippen LogP contribution < -0.4 is 9.47 Å². The van der Waals surface area contributed by atoms with E-state index in [9.17, 15) is 5.11 Å². The van der Waals surface area contributed by atoms with Crippen molar-refractivity contribution in [1.29, 1.82) is 0 Å². The molecule has 0 saturated carbocycles. The summed E-state index contributed by atoms with van der Waals surface area (Å²) in [5.41, 5.74) is 8.05. The maximum Gasteiger partial charge on any atom is 0.142 e. The lowest BCUT2D eigenvalue weighted by molar-refractivity contribution is 0.0521. The molecule has 4 heteroatoms. The Kier molecular flexibility index (Phi) is 10.7. The van der Waals surface area contributed by atoms with Crippen LogP contribution in [0.4, 0.5) is 0 Å². The Hall–Kier alpha value is -2.04. The highest BCUT2D eigenvalue weighted by atomic mass is 16.5. The van der Waals surface area contributed by atoms with Gasteiger partial charge in [-0.05, 0) is 111 Å². The minimum atomic E-state index is -0.129. The summed E-state index contributed by atoms with van der Waals surface area (Å²) in [7, 11) is 0. The first kappa shape index (κ1) is 28.5. The van der Waals surface area contributed by atoms with Crippen molar-refractivity contribution in [3.05, 3.63) is 57.7 Å². The summed E-state index contributed by atoms with van der Waals surface area (Å²) in [6.07, 6.45) is 16.7. The molecule has 2 heterocycles. The fourth-order valence-corrected chi connectivity index (χ4v) is 5.28. The molecule has 0 bridgehead atoms. The van der Waals surface area contributed by atoms with Crippen molar-refractivity contribution in [3.63, 3.8) is 0 Å². The monoisotopic (exact) mass is 495 g/mol. The van der Waals surface area contributed by atoms with Crippen LogP contribution in [-0.4, -0.2) is 35.5 Å². The molecule has 0 aliphatic carbocycles. The third-order valence-electron chi connectivity index (χ3n) is 7.60. The fraction of sp³-hybridized carbons (Fsp3) is 0.625. The molecule has 4 nitrogen and oxygen atoms in total. The molecule has 1 N–H and O–H groups in total. The molecule has 0 fully saturated rings. The second-order valence-electron chi connectivity index (χ2n) is 11.4. The lowest BCUT2D eigenvalue weighted by Crippen LogP contribution is -2.38. The van der Waals surface area contributed by atoms with Gasteiger partial charge in [0.05, 0.1) is 0 Å².